The van der Waals surface area contributed by atoms with E-state index < -0.39 is 0 Å². The summed E-state index contributed by atoms with van der Waals surface area (Å²) in [5, 5.41) is 3.76. The van der Waals surface area contributed by atoms with E-state index in [0.29, 0.717) is 11.5 Å². The maximum absolute atomic E-state index is 6.12. The lowest BCUT2D eigenvalue weighted by atomic mass is 9.74. The summed E-state index contributed by atoms with van der Waals surface area (Å²) in [4.78, 5) is 0. The van der Waals surface area contributed by atoms with Gasteiger partial charge in [-0.05, 0) is 64.7 Å². The maximum atomic E-state index is 6.12. The molecule has 0 spiro atoms. The fraction of sp³-hybridized carbons (Fsp3) is 1.00. The summed E-state index contributed by atoms with van der Waals surface area (Å²) in [6, 6.07) is 0. The normalized spacial score (nSPS) is 38.6. The van der Waals surface area contributed by atoms with Crippen molar-refractivity contribution in [3.63, 3.8) is 0 Å². The van der Waals surface area contributed by atoms with Crippen molar-refractivity contribution < 1.29 is 4.74 Å². The Hall–Kier alpha value is -0.0800. The smallest absolute Gasteiger partial charge is 0.0675 e. The highest BCUT2D eigenvalue weighted by molar-refractivity contribution is 5.07. The van der Waals surface area contributed by atoms with Crippen LogP contribution in [0.15, 0.2) is 0 Å². The first kappa shape index (κ1) is 12.0. The van der Waals surface area contributed by atoms with E-state index >= 15 is 0 Å². The summed E-state index contributed by atoms with van der Waals surface area (Å²) in [5.74, 6) is 1.84. The highest BCUT2D eigenvalue weighted by Gasteiger charge is 2.57. The van der Waals surface area contributed by atoms with Gasteiger partial charge in [-0.1, -0.05) is 0 Å². The molecule has 1 aliphatic heterocycles. The number of nitrogens with one attached hydrogen (secondary N) is 1. The first-order chi connectivity index (χ1) is 8.01. The third kappa shape index (κ3) is 2.39. The molecule has 0 aromatic heterocycles. The fourth-order valence-corrected chi connectivity index (χ4v) is 3.55. The molecule has 0 bridgehead atoms. The van der Waals surface area contributed by atoms with Crippen LogP contribution in [0.3, 0.4) is 0 Å². The van der Waals surface area contributed by atoms with E-state index in [1.807, 2.05) is 0 Å². The minimum Gasteiger partial charge on any atom is -0.377 e. The molecule has 0 aromatic rings. The molecule has 2 heteroatoms. The summed E-state index contributed by atoms with van der Waals surface area (Å²) >= 11 is 0. The van der Waals surface area contributed by atoms with Gasteiger partial charge in [0.25, 0.3) is 0 Å². The Kier molecular flexibility index (Phi) is 2.79. The zero-order valence-electron chi connectivity index (χ0n) is 11.6. The van der Waals surface area contributed by atoms with Gasteiger partial charge in [-0.25, -0.2) is 0 Å². The second-order valence-corrected chi connectivity index (χ2v) is 7.49. The molecule has 1 heterocycles. The van der Waals surface area contributed by atoms with Crippen LogP contribution in [0.2, 0.25) is 0 Å². The Morgan fingerprint density at radius 1 is 1.18 bits per heavy atom. The first-order valence-electron chi connectivity index (χ1n) is 7.38. The summed E-state index contributed by atoms with van der Waals surface area (Å²) < 4.78 is 6.12. The quantitative estimate of drug-likeness (QED) is 0.811. The Morgan fingerprint density at radius 2 is 1.88 bits per heavy atom. The van der Waals surface area contributed by atoms with Crippen molar-refractivity contribution in [3.05, 3.63) is 0 Å². The van der Waals surface area contributed by atoms with Crippen LogP contribution in [0.25, 0.3) is 0 Å². The maximum Gasteiger partial charge on any atom is 0.0675 e. The van der Waals surface area contributed by atoms with Crippen LogP contribution in [0.4, 0.5) is 0 Å². The fourth-order valence-electron chi connectivity index (χ4n) is 3.55. The van der Waals surface area contributed by atoms with Crippen LogP contribution < -0.4 is 5.32 Å². The van der Waals surface area contributed by atoms with E-state index in [1.54, 1.807) is 0 Å². The zero-order chi connectivity index (χ0) is 12.1. The second-order valence-electron chi connectivity index (χ2n) is 7.49. The van der Waals surface area contributed by atoms with Gasteiger partial charge in [0.2, 0.25) is 0 Å². The molecule has 2 nitrogen and oxygen atoms in total. The lowest BCUT2D eigenvalue weighted by molar-refractivity contribution is 0.0169. The number of ether oxygens (including phenoxy) is 1. The molecule has 3 rings (SSSR count). The number of hydrogen-bond acceptors (Lipinski definition) is 2. The molecule has 3 aliphatic rings. The van der Waals surface area contributed by atoms with Crippen LogP contribution in [0.1, 0.15) is 52.9 Å². The number of rotatable bonds is 4. The molecular formula is C15H27NO. The van der Waals surface area contributed by atoms with Gasteiger partial charge in [0.05, 0.1) is 6.10 Å². The van der Waals surface area contributed by atoms with Gasteiger partial charge >= 0.3 is 0 Å². The third-order valence-electron chi connectivity index (χ3n) is 4.82. The SMILES string of the molecule is CC(C)(C)NCC1(C2CC2)CCOC1C1CC1. The first-order valence-corrected chi connectivity index (χ1v) is 7.38. The van der Waals surface area contributed by atoms with Crippen molar-refractivity contribution in [1.82, 2.24) is 5.32 Å². The number of hydrogen-bond donors (Lipinski definition) is 1. The minimum atomic E-state index is 0.235. The molecule has 1 saturated heterocycles. The van der Waals surface area contributed by atoms with Crippen molar-refractivity contribution in [2.75, 3.05) is 13.2 Å². The van der Waals surface area contributed by atoms with Crippen molar-refractivity contribution >= 4 is 0 Å². The average molecular weight is 237 g/mol. The lowest BCUT2D eigenvalue weighted by Gasteiger charge is -2.37. The molecule has 0 amide bonds. The largest absolute Gasteiger partial charge is 0.377 e. The van der Waals surface area contributed by atoms with E-state index in [2.05, 4.69) is 26.1 Å². The summed E-state index contributed by atoms with van der Waals surface area (Å²) in [5.41, 5.74) is 0.715. The monoisotopic (exact) mass is 237 g/mol. The molecule has 3 fully saturated rings. The van der Waals surface area contributed by atoms with Crippen molar-refractivity contribution in [2.45, 2.75) is 64.5 Å². The molecule has 98 valence electrons. The average Bonchev–Trinajstić information content (AvgIpc) is 3.12. The molecule has 17 heavy (non-hydrogen) atoms. The molecule has 0 aromatic carbocycles. The predicted octanol–water partition coefficient (Wildman–Crippen LogP) is 2.97. The van der Waals surface area contributed by atoms with Gasteiger partial charge in [0.15, 0.2) is 0 Å². The molecule has 2 atom stereocenters. The van der Waals surface area contributed by atoms with Gasteiger partial charge in [-0.2, -0.15) is 0 Å². The van der Waals surface area contributed by atoms with Crippen LogP contribution in [-0.4, -0.2) is 24.8 Å². The van der Waals surface area contributed by atoms with Gasteiger partial charge in [-0.3, -0.25) is 0 Å². The molecule has 2 unspecified atom stereocenters. The van der Waals surface area contributed by atoms with Crippen LogP contribution >= 0.6 is 0 Å². The summed E-state index contributed by atoms with van der Waals surface area (Å²) in [6.07, 6.45) is 7.58. The third-order valence-corrected chi connectivity index (χ3v) is 4.82. The van der Waals surface area contributed by atoms with Crippen molar-refractivity contribution in [3.8, 4) is 0 Å². The van der Waals surface area contributed by atoms with Crippen LogP contribution in [-0.2, 0) is 4.74 Å². The van der Waals surface area contributed by atoms with Gasteiger partial charge in [0, 0.05) is 24.1 Å². The van der Waals surface area contributed by atoms with Gasteiger partial charge in [-0.15, -0.1) is 0 Å². The molecule has 2 aliphatic carbocycles. The minimum absolute atomic E-state index is 0.235. The Bertz CT molecular complexity index is 288. The van der Waals surface area contributed by atoms with Crippen molar-refractivity contribution in [1.29, 1.82) is 0 Å². The van der Waals surface area contributed by atoms with E-state index in [9.17, 15) is 0 Å². The van der Waals surface area contributed by atoms with E-state index in [4.69, 9.17) is 4.74 Å². The van der Waals surface area contributed by atoms with Crippen LogP contribution in [0.5, 0.6) is 0 Å². The zero-order valence-corrected chi connectivity index (χ0v) is 11.6. The van der Waals surface area contributed by atoms with E-state index in [-0.39, 0.29) is 5.54 Å². The molecule has 2 saturated carbocycles. The molecule has 1 N–H and O–H groups in total. The van der Waals surface area contributed by atoms with Gasteiger partial charge < -0.3 is 10.1 Å². The van der Waals surface area contributed by atoms with Gasteiger partial charge in [0.1, 0.15) is 0 Å². The Morgan fingerprint density at radius 3 is 2.41 bits per heavy atom. The summed E-state index contributed by atoms with van der Waals surface area (Å²) in [7, 11) is 0. The standard InChI is InChI=1S/C15H27NO/c1-14(2,3)16-10-15(12-6-7-12)8-9-17-13(15)11-4-5-11/h11-13,16H,4-10H2,1-3H3. The van der Waals surface area contributed by atoms with Crippen LogP contribution in [0, 0.1) is 17.3 Å². The second kappa shape index (κ2) is 3.96. The Balaban J connectivity index is 1.72. The van der Waals surface area contributed by atoms with Crippen molar-refractivity contribution in [2.24, 2.45) is 17.3 Å². The molecule has 0 radical (unpaired) electrons. The highest BCUT2D eigenvalue weighted by Crippen LogP contribution is 2.58. The summed E-state index contributed by atoms with van der Waals surface area (Å²) in [6.45, 7) is 8.99. The topological polar surface area (TPSA) is 21.3 Å². The van der Waals surface area contributed by atoms with E-state index in [0.717, 1.165) is 18.4 Å². The predicted molar refractivity (Wildman–Crippen MR) is 70.0 cm³/mol. The lowest BCUT2D eigenvalue weighted by Crippen LogP contribution is -2.49. The van der Waals surface area contributed by atoms with E-state index in [1.165, 1.54) is 38.6 Å². The molecular weight excluding hydrogens is 210 g/mol. The highest BCUT2D eigenvalue weighted by atomic mass is 16.5. The Labute approximate surface area is 105 Å².